The highest BCUT2D eigenvalue weighted by Crippen LogP contribution is 2.39. The first-order valence-corrected chi connectivity index (χ1v) is 6.11. The van der Waals surface area contributed by atoms with Crippen LogP contribution in [0.25, 0.3) is 0 Å². The van der Waals surface area contributed by atoms with E-state index < -0.39 is 0 Å². The Morgan fingerprint density at radius 3 is 2.25 bits per heavy atom. The lowest BCUT2D eigenvalue weighted by Crippen LogP contribution is -2.45. The number of aliphatic hydroxyl groups excluding tert-OH is 1. The lowest BCUT2D eigenvalue weighted by atomic mass is 9.86. The van der Waals surface area contributed by atoms with Crippen molar-refractivity contribution in [3.05, 3.63) is 35.4 Å². The van der Waals surface area contributed by atoms with Gasteiger partial charge in [-0.1, -0.05) is 42.7 Å². The van der Waals surface area contributed by atoms with E-state index in [-0.39, 0.29) is 11.6 Å². The molecule has 0 spiro atoms. The minimum Gasteiger partial charge on any atom is -0.386 e. The average Bonchev–Trinajstić information content (AvgIpc) is 2.79. The zero-order chi connectivity index (χ0) is 11.6. The highest BCUT2D eigenvalue weighted by Gasteiger charge is 2.39. The van der Waals surface area contributed by atoms with Crippen molar-refractivity contribution < 1.29 is 5.11 Å². The van der Waals surface area contributed by atoms with Gasteiger partial charge in [0.15, 0.2) is 0 Å². The highest BCUT2D eigenvalue weighted by molar-refractivity contribution is 5.26. The predicted molar refractivity (Wildman–Crippen MR) is 66.4 cm³/mol. The van der Waals surface area contributed by atoms with Crippen LogP contribution >= 0.6 is 0 Å². The Kier molecular flexibility index (Phi) is 3.31. The number of nitrogens with one attached hydrogen (secondary N) is 1. The van der Waals surface area contributed by atoms with E-state index in [1.807, 2.05) is 19.2 Å². The first kappa shape index (κ1) is 11.6. The second-order valence-electron chi connectivity index (χ2n) is 4.93. The van der Waals surface area contributed by atoms with Crippen LogP contribution in [-0.2, 0) is 0 Å². The Balaban J connectivity index is 2.23. The van der Waals surface area contributed by atoms with Crippen LogP contribution in [0, 0.1) is 6.92 Å². The number of aliphatic hydroxyl groups is 1. The summed E-state index contributed by atoms with van der Waals surface area (Å²) in [5.74, 6) is 0. The Morgan fingerprint density at radius 2 is 1.75 bits per heavy atom. The molecule has 1 saturated carbocycles. The molecule has 0 saturated heterocycles. The Labute approximate surface area is 97.7 Å². The van der Waals surface area contributed by atoms with Crippen LogP contribution in [0.4, 0.5) is 0 Å². The van der Waals surface area contributed by atoms with Crippen LogP contribution in [0.2, 0.25) is 0 Å². The molecule has 1 unspecified atom stereocenters. The van der Waals surface area contributed by atoms with E-state index >= 15 is 0 Å². The molecule has 1 aromatic carbocycles. The zero-order valence-corrected chi connectivity index (χ0v) is 10.2. The third-order valence-electron chi connectivity index (χ3n) is 3.91. The number of aryl methyl sites for hydroxylation is 1. The molecule has 2 heteroatoms. The van der Waals surface area contributed by atoms with Crippen molar-refractivity contribution >= 4 is 0 Å². The van der Waals surface area contributed by atoms with Gasteiger partial charge in [-0.2, -0.15) is 0 Å². The summed E-state index contributed by atoms with van der Waals surface area (Å²) >= 11 is 0. The number of likely N-dealkylation sites (N-methyl/N-ethyl adjacent to an activating group) is 1. The van der Waals surface area contributed by atoms with E-state index in [1.54, 1.807) is 0 Å². The molecule has 0 radical (unpaired) electrons. The summed E-state index contributed by atoms with van der Waals surface area (Å²) < 4.78 is 0. The lowest BCUT2D eigenvalue weighted by Gasteiger charge is -2.34. The molecule has 2 N–H and O–H groups in total. The van der Waals surface area contributed by atoms with Gasteiger partial charge in [-0.25, -0.2) is 0 Å². The maximum Gasteiger partial charge on any atom is 0.0971 e. The Hall–Kier alpha value is -0.860. The van der Waals surface area contributed by atoms with Gasteiger partial charge in [0, 0.05) is 5.54 Å². The fourth-order valence-electron chi connectivity index (χ4n) is 2.73. The molecule has 1 aliphatic rings. The maximum absolute atomic E-state index is 10.5. The summed E-state index contributed by atoms with van der Waals surface area (Å²) in [6.07, 6.45) is 4.17. The molecule has 0 aliphatic heterocycles. The van der Waals surface area contributed by atoms with Gasteiger partial charge in [-0.15, -0.1) is 0 Å². The lowest BCUT2D eigenvalue weighted by molar-refractivity contribution is 0.0667. The van der Waals surface area contributed by atoms with Gasteiger partial charge in [0.25, 0.3) is 0 Å². The number of benzene rings is 1. The van der Waals surface area contributed by atoms with Gasteiger partial charge >= 0.3 is 0 Å². The fourth-order valence-corrected chi connectivity index (χ4v) is 2.73. The standard InChI is InChI=1S/C14H21NO/c1-11-5-7-12(8-6-11)13(16)14(15-2)9-3-4-10-14/h5-8,13,15-16H,3-4,9-10H2,1-2H3. The third kappa shape index (κ3) is 2.00. The van der Waals surface area contributed by atoms with Crippen molar-refractivity contribution in [3.8, 4) is 0 Å². The summed E-state index contributed by atoms with van der Waals surface area (Å²) in [6.45, 7) is 2.07. The second kappa shape index (κ2) is 4.56. The van der Waals surface area contributed by atoms with Crippen LogP contribution < -0.4 is 5.32 Å². The first-order chi connectivity index (χ1) is 7.68. The smallest absolute Gasteiger partial charge is 0.0971 e. The van der Waals surface area contributed by atoms with Crippen molar-refractivity contribution in [2.75, 3.05) is 7.05 Å². The molecule has 16 heavy (non-hydrogen) atoms. The maximum atomic E-state index is 10.5. The molecule has 0 amide bonds. The van der Waals surface area contributed by atoms with Crippen molar-refractivity contribution in [3.63, 3.8) is 0 Å². The molecule has 1 aromatic rings. The molecular formula is C14H21NO. The number of hydrogen-bond acceptors (Lipinski definition) is 2. The molecule has 1 fully saturated rings. The monoisotopic (exact) mass is 219 g/mol. The SMILES string of the molecule is CNC1(C(O)c2ccc(C)cc2)CCCC1. The topological polar surface area (TPSA) is 32.3 Å². The molecule has 0 aromatic heterocycles. The van der Waals surface area contributed by atoms with E-state index in [0.717, 1.165) is 18.4 Å². The van der Waals surface area contributed by atoms with Crippen LogP contribution in [0.5, 0.6) is 0 Å². The second-order valence-corrected chi connectivity index (χ2v) is 4.93. The van der Waals surface area contributed by atoms with Gasteiger partial charge in [0.05, 0.1) is 6.10 Å². The van der Waals surface area contributed by atoms with Crippen molar-refractivity contribution in [1.82, 2.24) is 5.32 Å². The molecular weight excluding hydrogens is 198 g/mol. The van der Waals surface area contributed by atoms with E-state index in [2.05, 4.69) is 24.4 Å². The summed E-state index contributed by atoms with van der Waals surface area (Å²) in [6, 6.07) is 8.21. The van der Waals surface area contributed by atoms with E-state index in [9.17, 15) is 5.11 Å². The van der Waals surface area contributed by atoms with Gasteiger partial charge in [-0.05, 0) is 32.4 Å². The molecule has 1 aliphatic carbocycles. The summed E-state index contributed by atoms with van der Waals surface area (Å²) in [4.78, 5) is 0. The fraction of sp³-hybridized carbons (Fsp3) is 0.571. The van der Waals surface area contributed by atoms with Crippen LogP contribution in [-0.4, -0.2) is 17.7 Å². The van der Waals surface area contributed by atoms with E-state index in [4.69, 9.17) is 0 Å². The summed E-state index contributed by atoms with van der Waals surface area (Å²) in [5, 5.41) is 13.8. The van der Waals surface area contributed by atoms with Crippen LogP contribution in [0.15, 0.2) is 24.3 Å². The molecule has 1 atom stereocenters. The minimum atomic E-state index is -0.388. The first-order valence-electron chi connectivity index (χ1n) is 6.11. The molecule has 88 valence electrons. The Bertz CT molecular complexity index is 338. The normalized spacial score (nSPS) is 20.9. The van der Waals surface area contributed by atoms with Gasteiger partial charge in [0.1, 0.15) is 0 Å². The minimum absolute atomic E-state index is 0.102. The van der Waals surface area contributed by atoms with E-state index in [0.29, 0.717) is 0 Å². The van der Waals surface area contributed by atoms with Gasteiger partial charge < -0.3 is 10.4 Å². The van der Waals surface area contributed by atoms with Gasteiger partial charge in [-0.3, -0.25) is 0 Å². The van der Waals surface area contributed by atoms with Crippen molar-refractivity contribution in [1.29, 1.82) is 0 Å². The summed E-state index contributed by atoms with van der Waals surface area (Å²) in [5.41, 5.74) is 2.16. The number of hydrogen-bond donors (Lipinski definition) is 2. The molecule has 0 heterocycles. The number of rotatable bonds is 3. The predicted octanol–water partition coefficient (Wildman–Crippen LogP) is 2.56. The Morgan fingerprint density at radius 1 is 1.19 bits per heavy atom. The van der Waals surface area contributed by atoms with Crippen molar-refractivity contribution in [2.45, 2.75) is 44.2 Å². The van der Waals surface area contributed by atoms with Gasteiger partial charge in [0.2, 0.25) is 0 Å². The largest absolute Gasteiger partial charge is 0.386 e. The third-order valence-corrected chi connectivity index (χ3v) is 3.91. The quantitative estimate of drug-likeness (QED) is 0.819. The van der Waals surface area contributed by atoms with Crippen LogP contribution in [0.3, 0.4) is 0 Å². The van der Waals surface area contributed by atoms with Crippen molar-refractivity contribution in [2.24, 2.45) is 0 Å². The average molecular weight is 219 g/mol. The summed E-state index contributed by atoms with van der Waals surface area (Å²) in [7, 11) is 1.96. The van der Waals surface area contributed by atoms with E-state index in [1.165, 1.54) is 18.4 Å². The molecule has 2 rings (SSSR count). The molecule has 0 bridgehead atoms. The molecule has 2 nitrogen and oxygen atoms in total. The van der Waals surface area contributed by atoms with Crippen LogP contribution in [0.1, 0.15) is 42.9 Å². The highest BCUT2D eigenvalue weighted by atomic mass is 16.3. The zero-order valence-electron chi connectivity index (χ0n) is 10.2.